The van der Waals surface area contributed by atoms with Crippen molar-refractivity contribution in [1.82, 2.24) is 10.2 Å². The van der Waals surface area contributed by atoms with E-state index >= 15 is 0 Å². The number of Topliss-reactive ketones (excluding diaryl/α,β-unsaturated/α-hetero) is 1. The van der Waals surface area contributed by atoms with Crippen LogP contribution in [0.3, 0.4) is 0 Å². The number of carbonyl (C=O) groups is 2. The quantitative estimate of drug-likeness (QED) is 0.440. The highest BCUT2D eigenvalue weighted by molar-refractivity contribution is 7.12. The van der Waals surface area contributed by atoms with Crippen LogP contribution in [-0.4, -0.2) is 55.9 Å². The second-order valence-electron chi connectivity index (χ2n) is 8.47. The Hall–Kier alpha value is -2.18. The first-order valence-electron chi connectivity index (χ1n) is 11.3. The number of hydrogen-bond acceptors (Lipinski definition) is 5. The van der Waals surface area contributed by atoms with Gasteiger partial charge in [-0.15, -0.1) is 11.3 Å². The summed E-state index contributed by atoms with van der Waals surface area (Å²) in [6.07, 6.45) is 2.61. The van der Waals surface area contributed by atoms with Gasteiger partial charge in [-0.3, -0.25) is 14.5 Å². The molecule has 6 heteroatoms. The molecular formula is C25H35N3O2S. The molecule has 1 aliphatic rings. The molecule has 0 unspecified atom stereocenters. The molecule has 0 spiro atoms. The van der Waals surface area contributed by atoms with Gasteiger partial charge in [0.25, 0.3) is 0 Å². The number of anilines is 1. The van der Waals surface area contributed by atoms with Gasteiger partial charge >= 0.3 is 0 Å². The van der Waals surface area contributed by atoms with Gasteiger partial charge in [0.05, 0.1) is 0 Å². The highest BCUT2D eigenvalue weighted by Crippen LogP contribution is 2.22. The molecule has 1 aliphatic heterocycles. The molecule has 2 heterocycles. The second kappa shape index (κ2) is 11.4. The maximum Gasteiger partial charge on any atom is 0.220 e. The van der Waals surface area contributed by atoms with Gasteiger partial charge in [0, 0.05) is 66.6 Å². The number of nitrogens with one attached hydrogen (secondary N) is 1. The van der Waals surface area contributed by atoms with E-state index in [2.05, 4.69) is 46.3 Å². The molecule has 1 aromatic carbocycles. The minimum Gasteiger partial charge on any atom is -0.369 e. The first-order valence-corrected chi connectivity index (χ1v) is 12.1. The Bertz CT molecular complexity index is 885. The molecule has 0 saturated carbocycles. The van der Waals surface area contributed by atoms with Crippen LogP contribution in [-0.2, 0) is 4.79 Å². The fourth-order valence-electron chi connectivity index (χ4n) is 4.10. The predicted octanol–water partition coefficient (Wildman–Crippen LogP) is 4.35. The molecule has 1 amide bonds. The SMILES string of the molecule is Cc1cccc(N2CCN(CCCCNC(=O)CCC(=O)c3cc(C)sc3C)CC2)c1. The van der Waals surface area contributed by atoms with Crippen LogP contribution in [0, 0.1) is 20.8 Å². The maximum absolute atomic E-state index is 12.3. The number of carbonyl (C=O) groups excluding carboxylic acids is 2. The standard InChI is InChI=1S/C25H35N3O2S/c1-19-7-6-8-22(17-19)28-15-13-27(14-16-28)12-5-4-11-26-25(30)10-9-24(29)23-18-20(2)31-21(23)3/h6-8,17-18H,4-5,9-16H2,1-3H3,(H,26,30). The van der Waals surface area contributed by atoms with Crippen molar-refractivity contribution >= 4 is 28.7 Å². The molecule has 3 rings (SSSR count). The van der Waals surface area contributed by atoms with Crippen LogP contribution in [0.1, 0.15) is 51.4 Å². The molecule has 2 aromatic rings. The van der Waals surface area contributed by atoms with Gasteiger partial charge in [0.1, 0.15) is 0 Å². The zero-order valence-corrected chi connectivity index (χ0v) is 19.9. The minimum absolute atomic E-state index is 0.0234. The summed E-state index contributed by atoms with van der Waals surface area (Å²) in [5.41, 5.74) is 3.41. The molecule has 1 fully saturated rings. The van der Waals surface area contributed by atoms with E-state index in [-0.39, 0.29) is 24.5 Å². The van der Waals surface area contributed by atoms with Gasteiger partial charge in [-0.05, 0) is 63.9 Å². The van der Waals surface area contributed by atoms with E-state index in [1.54, 1.807) is 11.3 Å². The van der Waals surface area contributed by atoms with E-state index in [1.165, 1.54) is 11.3 Å². The molecule has 1 saturated heterocycles. The molecule has 31 heavy (non-hydrogen) atoms. The van der Waals surface area contributed by atoms with Gasteiger partial charge in [-0.25, -0.2) is 0 Å². The summed E-state index contributed by atoms with van der Waals surface area (Å²) < 4.78 is 0. The van der Waals surface area contributed by atoms with E-state index in [1.807, 2.05) is 19.9 Å². The van der Waals surface area contributed by atoms with Crippen LogP contribution in [0.2, 0.25) is 0 Å². The van der Waals surface area contributed by atoms with E-state index in [0.717, 1.165) is 60.9 Å². The van der Waals surface area contributed by atoms with E-state index < -0.39 is 0 Å². The van der Waals surface area contributed by atoms with Crippen LogP contribution in [0.5, 0.6) is 0 Å². The number of amides is 1. The maximum atomic E-state index is 12.3. The van der Waals surface area contributed by atoms with Crippen LogP contribution in [0.15, 0.2) is 30.3 Å². The normalized spacial score (nSPS) is 14.6. The number of rotatable bonds is 10. The fourth-order valence-corrected chi connectivity index (χ4v) is 5.04. The summed E-state index contributed by atoms with van der Waals surface area (Å²) in [6, 6.07) is 10.7. The summed E-state index contributed by atoms with van der Waals surface area (Å²) in [5.74, 6) is 0.0477. The number of unbranched alkanes of at least 4 members (excludes halogenated alkanes) is 1. The highest BCUT2D eigenvalue weighted by atomic mass is 32.1. The van der Waals surface area contributed by atoms with Crippen LogP contribution < -0.4 is 10.2 Å². The van der Waals surface area contributed by atoms with E-state index in [0.29, 0.717) is 6.54 Å². The summed E-state index contributed by atoms with van der Waals surface area (Å²) in [5, 5.41) is 2.97. The lowest BCUT2D eigenvalue weighted by Gasteiger charge is -2.36. The molecule has 0 bridgehead atoms. The zero-order valence-electron chi connectivity index (χ0n) is 19.1. The zero-order chi connectivity index (χ0) is 22.2. The second-order valence-corrected chi connectivity index (χ2v) is 9.94. The lowest BCUT2D eigenvalue weighted by Crippen LogP contribution is -2.46. The molecule has 0 aliphatic carbocycles. The number of aryl methyl sites for hydroxylation is 3. The molecule has 1 aromatic heterocycles. The number of nitrogens with zero attached hydrogens (tertiary/aromatic N) is 2. The van der Waals surface area contributed by atoms with Crippen molar-refractivity contribution in [1.29, 1.82) is 0 Å². The minimum atomic E-state index is -0.0234. The van der Waals surface area contributed by atoms with Crippen molar-refractivity contribution < 1.29 is 9.59 Å². The van der Waals surface area contributed by atoms with Gasteiger partial charge in [0.15, 0.2) is 5.78 Å². The Labute approximate surface area is 190 Å². The monoisotopic (exact) mass is 441 g/mol. The molecule has 5 nitrogen and oxygen atoms in total. The first kappa shape index (κ1) is 23.5. The van der Waals surface area contributed by atoms with E-state index in [9.17, 15) is 9.59 Å². The molecule has 0 radical (unpaired) electrons. The number of hydrogen-bond donors (Lipinski definition) is 1. The Balaban J connectivity index is 1.25. The van der Waals surface area contributed by atoms with Crippen molar-refractivity contribution in [2.45, 2.75) is 46.5 Å². The van der Waals surface area contributed by atoms with Crippen LogP contribution in [0.25, 0.3) is 0 Å². The Morgan fingerprint density at radius 1 is 1.00 bits per heavy atom. The Kier molecular flexibility index (Phi) is 8.67. The third kappa shape index (κ3) is 7.18. The van der Waals surface area contributed by atoms with Gasteiger partial charge in [0.2, 0.25) is 5.91 Å². The third-order valence-corrected chi connectivity index (χ3v) is 6.85. The molecule has 168 valence electrons. The third-order valence-electron chi connectivity index (χ3n) is 5.88. The van der Waals surface area contributed by atoms with Crippen molar-refractivity contribution in [3.05, 3.63) is 51.2 Å². The molecule has 1 N–H and O–H groups in total. The largest absolute Gasteiger partial charge is 0.369 e. The summed E-state index contributed by atoms with van der Waals surface area (Å²) >= 11 is 1.63. The van der Waals surface area contributed by atoms with Gasteiger partial charge in [-0.2, -0.15) is 0 Å². The van der Waals surface area contributed by atoms with Crippen LogP contribution >= 0.6 is 11.3 Å². The smallest absolute Gasteiger partial charge is 0.220 e. The van der Waals surface area contributed by atoms with Crippen molar-refractivity contribution in [2.75, 3.05) is 44.2 Å². The molecule has 0 atom stereocenters. The number of piperazine rings is 1. The lowest BCUT2D eigenvalue weighted by molar-refractivity contribution is -0.121. The lowest BCUT2D eigenvalue weighted by atomic mass is 10.1. The average molecular weight is 442 g/mol. The van der Waals surface area contributed by atoms with Gasteiger partial charge < -0.3 is 10.2 Å². The Morgan fingerprint density at radius 3 is 2.45 bits per heavy atom. The molecular weight excluding hydrogens is 406 g/mol. The van der Waals surface area contributed by atoms with E-state index in [4.69, 9.17) is 0 Å². The predicted molar refractivity (Wildman–Crippen MR) is 129 cm³/mol. The number of benzene rings is 1. The fraction of sp³-hybridized carbons (Fsp3) is 0.520. The van der Waals surface area contributed by atoms with Crippen LogP contribution in [0.4, 0.5) is 5.69 Å². The van der Waals surface area contributed by atoms with Crippen molar-refractivity contribution in [2.24, 2.45) is 0 Å². The highest BCUT2D eigenvalue weighted by Gasteiger charge is 2.17. The van der Waals surface area contributed by atoms with Crippen molar-refractivity contribution in [3.63, 3.8) is 0 Å². The first-order chi connectivity index (χ1) is 14.9. The summed E-state index contributed by atoms with van der Waals surface area (Å²) in [4.78, 5) is 31.5. The summed E-state index contributed by atoms with van der Waals surface area (Å²) in [6.45, 7) is 12.2. The average Bonchev–Trinajstić information content (AvgIpc) is 3.10. The van der Waals surface area contributed by atoms with Gasteiger partial charge in [-0.1, -0.05) is 12.1 Å². The summed E-state index contributed by atoms with van der Waals surface area (Å²) in [7, 11) is 0. The Morgan fingerprint density at radius 2 is 1.77 bits per heavy atom. The number of ketones is 1. The topological polar surface area (TPSA) is 52.6 Å². The number of thiophene rings is 1. The van der Waals surface area contributed by atoms with Crippen molar-refractivity contribution in [3.8, 4) is 0 Å².